The van der Waals surface area contributed by atoms with E-state index in [0.717, 1.165) is 10.6 Å². The standard InChI is InChI=1S/C21H19FN4O2S/c1-14-23-8-9-25(14)17-7-6-15(10-16(17)22)11-24-20(27)12-26-18-4-2-3-5-19(18)29-13-21(26)28/h2-10H,11-13H2,1H3,(H,24,27). The Labute approximate surface area is 171 Å². The van der Waals surface area contributed by atoms with Crippen LogP contribution in [-0.2, 0) is 16.1 Å². The number of fused-ring (bicyclic) bond motifs is 1. The van der Waals surface area contributed by atoms with E-state index < -0.39 is 5.82 Å². The van der Waals surface area contributed by atoms with Crippen molar-refractivity contribution in [1.29, 1.82) is 0 Å². The molecule has 1 N–H and O–H groups in total. The SMILES string of the molecule is Cc1nccn1-c1ccc(CNC(=O)CN2C(=O)CSc3ccccc32)cc1F. The highest BCUT2D eigenvalue weighted by atomic mass is 32.2. The molecule has 0 radical (unpaired) electrons. The monoisotopic (exact) mass is 410 g/mol. The van der Waals surface area contributed by atoms with Crippen LogP contribution in [0.15, 0.2) is 59.8 Å². The molecule has 6 nitrogen and oxygen atoms in total. The number of aromatic nitrogens is 2. The summed E-state index contributed by atoms with van der Waals surface area (Å²) in [5.74, 6) is 0.208. The Morgan fingerprint density at radius 1 is 1.24 bits per heavy atom. The number of halogens is 1. The van der Waals surface area contributed by atoms with Gasteiger partial charge in [0.15, 0.2) is 0 Å². The van der Waals surface area contributed by atoms with E-state index in [-0.39, 0.29) is 24.9 Å². The van der Waals surface area contributed by atoms with Gasteiger partial charge in [-0.3, -0.25) is 9.59 Å². The molecule has 3 aromatic rings. The molecule has 4 rings (SSSR count). The Kier molecular flexibility index (Phi) is 5.35. The summed E-state index contributed by atoms with van der Waals surface area (Å²) in [5.41, 5.74) is 1.79. The largest absolute Gasteiger partial charge is 0.350 e. The van der Waals surface area contributed by atoms with Gasteiger partial charge in [-0.25, -0.2) is 9.37 Å². The summed E-state index contributed by atoms with van der Waals surface area (Å²) in [4.78, 5) is 31.2. The number of thioether (sulfide) groups is 1. The lowest BCUT2D eigenvalue weighted by Gasteiger charge is -2.28. The maximum atomic E-state index is 14.5. The molecule has 148 valence electrons. The molecule has 0 aliphatic carbocycles. The molecule has 8 heteroatoms. The second-order valence-electron chi connectivity index (χ2n) is 6.64. The number of nitrogens with one attached hydrogen (secondary N) is 1. The van der Waals surface area contributed by atoms with Crippen LogP contribution in [0.4, 0.5) is 10.1 Å². The summed E-state index contributed by atoms with van der Waals surface area (Å²) in [6.07, 6.45) is 3.31. The molecule has 2 amide bonds. The van der Waals surface area contributed by atoms with Crippen LogP contribution in [0.3, 0.4) is 0 Å². The summed E-state index contributed by atoms with van der Waals surface area (Å²) in [6.45, 7) is 1.91. The number of aryl methyl sites for hydroxylation is 1. The van der Waals surface area contributed by atoms with Gasteiger partial charge in [0.25, 0.3) is 0 Å². The molecule has 0 fully saturated rings. The molecule has 2 heterocycles. The van der Waals surface area contributed by atoms with E-state index in [0.29, 0.717) is 22.8 Å². The van der Waals surface area contributed by atoms with Crippen molar-refractivity contribution in [3.05, 3.63) is 72.1 Å². The van der Waals surface area contributed by atoms with Crippen LogP contribution >= 0.6 is 11.8 Å². The summed E-state index contributed by atoms with van der Waals surface area (Å²) in [6, 6.07) is 12.3. The lowest BCUT2D eigenvalue weighted by atomic mass is 10.2. The van der Waals surface area contributed by atoms with Gasteiger partial charge in [0.2, 0.25) is 11.8 Å². The number of carbonyl (C=O) groups excluding carboxylic acids is 2. The number of hydrogen-bond acceptors (Lipinski definition) is 4. The van der Waals surface area contributed by atoms with E-state index in [9.17, 15) is 14.0 Å². The Morgan fingerprint density at radius 3 is 2.83 bits per heavy atom. The van der Waals surface area contributed by atoms with Gasteiger partial charge in [0.05, 0.1) is 17.1 Å². The van der Waals surface area contributed by atoms with E-state index >= 15 is 0 Å². The minimum Gasteiger partial charge on any atom is -0.350 e. The van der Waals surface area contributed by atoms with Crippen LogP contribution in [0, 0.1) is 12.7 Å². The predicted octanol–water partition coefficient (Wildman–Crippen LogP) is 3.07. The topological polar surface area (TPSA) is 67.2 Å². The van der Waals surface area contributed by atoms with E-state index in [1.807, 2.05) is 24.3 Å². The fourth-order valence-corrected chi connectivity index (χ4v) is 4.15. The normalized spacial score (nSPS) is 13.3. The third-order valence-electron chi connectivity index (χ3n) is 4.70. The van der Waals surface area contributed by atoms with Crippen molar-refractivity contribution in [2.75, 3.05) is 17.2 Å². The van der Waals surface area contributed by atoms with Crippen molar-refractivity contribution < 1.29 is 14.0 Å². The third-order valence-corrected chi connectivity index (χ3v) is 5.74. The van der Waals surface area contributed by atoms with Crippen molar-refractivity contribution in [3.63, 3.8) is 0 Å². The molecule has 2 aromatic carbocycles. The molecule has 0 atom stereocenters. The molecule has 0 saturated heterocycles. The van der Waals surface area contributed by atoms with Gasteiger partial charge in [0.1, 0.15) is 18.2 Å². The van der Waals surface area contributed by atoms with Crippen molar-refractivity contribution in [2.24, 2.45) is 0 Å². The molecule has 0 spiro atoms. The average Bonchev–Trinajstić information content (AvgIpc) is 3.14. The van der Waals surface area contributed by atoms with Gasteiger partial charge >= 0.3 is 0 Å². The van der Waals surface area contributed by atoms with Crippen LogP contribution in [0.1, 0.15) is 11.4 Å². The van der Waals surface area contributed by atoms with E-state index in [4.69, 9.17) is 0 Å². The maximum Gasteiger partial charge on any atom is 0.240 e. The Morgan fingerprint density at radius 2 is 2.07 bits per heavy atom. The molecule has 1 aliphatic rings. The minimum atomic E-state index is -0.394. The van der Waals surface area contributed by atoms with Crippen LogP contribution in [-0.4, -0.2) is 33.7 Å². The second kappa shape index (κ2) is 8.08. The molecule has 0 saturated carbocycles. The third kappa shape index (κ3) is 4.02. The highest BCUT2D eigenvalue weighted by Gasteiger charge is 2.26. The van der Waals surface area contributed by atoms with Crippen molar-refractivity contribution in [2.45, 2.75) is 18.4 Å². The summed E-state index contributed by atoms with van der Waals surface area (Å²) in [5, 5.41) is 2.77. The number of anilines is 1. The zero-order chi connectivity index (χ0) is 20.4. The van der Waals surface area contributed by atoms with Crippen molar-refractivity contribution in [1.82, 2.24) is 14.9 Å². The van der Waals surface area contributed by atoms with Crippen molar-refractivity contribution in [3.8, 4) is 5.69 Å². The molecule has 1 aliphatic heterocycles. The molecular weight excluding hydrogens is 391 g/mol. The Hall–Kier alpha value is -3.13. The van der Waals surface area contributed by atoms with Crippen LogP contribution in [0.5, 0.6) is 0 Å². The molecule has 0 bridgehead atoms. The fraction of sp³-hybridized carbons (Fsp3) is 0.190. The summed E-state index contributed by atoms with van der Waals surface area (Å²) >= 11 is 1.47. The highest BCUT2D eigenvalue weighted by Crippen LogP contribution is 2.34. The number of benzene rings is 2. The van der Waals surface area contributed by atoms with Gasteiger partial charge in [0, 0.05) is 23.8 Å². The summed E-state index contributed by atoms with van der Waals surface area (Å²) < 4.78 is 16.2. The maximum absolute atomic E-state index is 14.5. The van der Waals surface area contributed by atoms with Gasteiger partial charge in [-0.2, -0.15) is 0 Å². The Bertz CT molecular complexity index is 1080. The first-order valence-electron chi connectivity index (χ1n) is 9.10. The lowest BCUT2D eigenvalue weighted by molar-refractivity contribution is -0.123. The van der Waals surface area contributed by atoms with Gasteiger partial charge in [-0.05, 0) is 36.8 Å². The number of rotatable bonds is 5. The van der Waals surface area contributed by atoms with Gasteiger partial charge in [-0.15, -0.1) is 11.8 Å². The number of carbonyl (C=O) groups is 2. The highest BCUT2D eigenvalue weighted by molar-refractivity contribution is 8.00. The molecule has 29 heavy (non-hydrogen) atoms. The zero-order valence-electron chi connectivity index (χ0n) is 15.8. The first-order chi connectivity index (χ1) is 14.0. The quantitative estimate of drug-likeness (QED) is 0.702. The molecular formula is C21H19FN4O2S. The first kappa shape index (κ1) is 19.2. The van der Waals surface area contributed by atoms with Gasteiger partial charge < -0.3 is 14.8 Å². The van der Waals surface area contributed by atoms with E-state index in [1.54, 1.807) is 36.0 Å². The van der Waals surface area contributed by atoms with Crippen LogP contribution in [0.2, 0.25) is 0 Å². The number of hydrogen-bond donors (Lipinski definition) is 1. The number of nitrogens with zero attached hydrogens (tertiary/aromatic N) is 3. The zero-order valence-corrected chi connectivity index (χ0v) is 16.6. The molecule has 0 unspecified atom stereocenters. The van der Waals surface area contributed by atoms with E-state index in [2.05, 4.69) is 10.3 Å². The van der Waals surface area contributed by atoms with Crippen molar-refractivity contribution >= 4 is 29.3 Å². The fourth-order valence-electron chi connectivity index (χ4n) is 3.22. The number of para-hydroxylation sites is 1. The Balaban J connectivity index is 1.41. The number of imidazole rings is 1. The molecule has 1 aromatic heterocycles. The van der Waals surface area contributed by atoms with E-state index in [1.165, 1.54) is 22.7 Å². The van der Waals surface area contributed by atoms with Gasteiger partial charge in [-0.1, -0.05) is 18.2 Å². The number of amides is 2. The average molecular weight is 410 g/mol. The minimum absolute atomic E-state index is 0.0643. The summed E-state index contributed by atoms with van der Waals surface area (Å²) in [7, 11) is 0. The second-order valence-corrected chi connectivity index (χ2v) is 7.66. The first-order valence-corrected chi connectivity index (χ1v) is 10.1. The van der Waals surface area contributed by atoms with Crippen LogP contribution in [0.25, 0.3) is 5.69 Å². The van der Waals surface area contributed by atoms with Crippen LogP contribution < -0.4 is 10.2 Å². The predicted molar refractivity (Wildman–Crippen MR) is 110 cm³/mol. The smallest absolute Gasteiger partial charge is 0.240 e. The lowest BCUT2D eigenvalue weighted by Crippen LogP contribution is -2.43.